The van der Waals surface area contributed by atoms with Gasteiger partial charge in [-0.3, -0.25) is 4.79 Å². The fraction of sp³-hybridized carbons (Fsp3) is 0.125. The molecule has 1 atom stereocenters. The Morgan fingerprint density at radius 1 is 1.00 bits per heavy atom. The van der Waals surface area contributed by atoms with E-state index in [1.54, 1.807) is 31.2 Å². The number of carbonyl (C=O) groups excluding carboxylic acids is 2. The molecule has 0 spiro atoms. The van der Waals surface area contributed by atoms with Gasteiger partial charge in [0.05, 0.1) is 16.6 Å². The van der Waals surface area contributed by atoms with Crippen LogP contribution in [0.1, 0.15) is 22.8 Å². The molecular formula is C24H21N3O3. The van der Waals surface area contributed by atoms with Crippen molar-refractivity contribution < 1.29 is 14.3 Å². The highest BCUT2D eigenvalue weighted by molar-refractivity contribution is 6.00. The summed E-state index contributed by atoms with van der Waals surface area (Å²) in [5.41, 5.74) is 4.32. The summed E-state index contributed by atoms with van der Waals surface area (Å²) in [7, 11) is 0. The van der Waals surface area contributed by atoms with Crippen molar-refractivity contribution in [1.82, 2.24) is 9.97 Å². The Morgan fingerprint density at radius 3 is 2.57 bits per heavy atom. The number of benzene rings is 3. The summed E-state index contributed by atoms with van der Waals surface area (Å²) in [6, 6.07) is 22.1. The first kappa shape index (κ1) is 19.4. The summed E-state index contributed by atoms with van der Waals surface area (Å²) in [5.74, 6) is -0.409. The third kappa shape index (κ3) is 4.07. The van der Waals surface area contributed by atoms with Crippen LogP contribution >= 0.6 is 0 Å². The van der Waals surface area contributed by atoms with Crippen molar-refractivity contribution >= 4 is 28.6 Å². The lowest BCUT2D eigenvalue weighted by Gasteiger charge is -2.15. The Hall–Kier alpha value is -3.93. The number of imidazole rings is 1. The molecule has 0 saturated heterocycles. The third-order valence-corrected chi connectivity index (χ3v) is 4.73. The smallest absolute Gasteiger partial charge is 0.339 e. The van der Waals surface area contributed by atoms with Crippen molar-refractivity contribution in [1.29, 1.82) is 0 Å². The molecule has 0 aliphatic rings. The Labute approximate surface area is 173 Å². The standard InChI is InChI=1S/C24H21N3O3/c1-15-8-7-9-17(14-15)25-23(28)16(2)30-24(29)19-11-4-3-10-18(19)22-26-20-12-5-6-13-21(20)27-22/h3-14,16H,1-2H3,(H,25,28)(H,26,27). The molecule has 0 aliphatic carbocycles. The number of rotatable bonds is 5. The summed E-state index contributed by atoms with van der Waals surface area (Å²) in [6.45, 7) is 3.49. The van der Waals surface area contributed by atoms with Crippen molar-refractivity contribution in [2.75, 3.05) is 5.32 Å². The zero-order valence-electron chi connectivity index (χ0n) is 16.7. The third-order valence-electron chi connectivity index (χ3n) is 4.73. The van der Waals surface area contributed by atoms with Crippen LogP contribution in [0.25, 0.3) is 22.4 Å². The molecule has 0 aliphatic heterocycles. The SMILES string of the molecule is Cc1cccc(NC(=O)C(C)OC(=O)c2ccccc2-c2nc3ccccc3[nH]2)c1. The van der Waals surface area contributed by atoms with Crippen LogP contribution in [0.15, 0.2) is 72.8 Å². The molecule has 6 heteroatoms. The minimum absolute atomic E-state index is 0.340. The number of esters is 1. The minimum Gasteiger partial charge on any atom is -0.449 e. The second-order valence-electron chi connectivity index (χ2n) is 7.05. The summed E-state index contributed by atoms with van der Waals surface area (Å²) >= 11 is 0. The monoisotopic (exact) mass is 399 g/mol. The molecule has 0 fully saturated rings. The van der Waals surface area contributed by atoms with E-state index in [0.717, 1.165) is 16.6 Å². The van der Waals surface area contributed by atoms with Gasteiger partial charge in [0.1, 0.15) is 5.82 Å². The molecule has 1 aromatic heterocycles. The molecule has 1 heterocycles. The number of nitrogens with one attached hydrogen (secondary N) is 2. The van der Waals surface area contributed by atoms with Crippen molar-refractivity contribution in [3.05, 3.63) is 83.9 Å². The van der Waals surface area contributed by atoms with E-state index in [1.165, 1.54) is 0 Å². The van der Waals surface area contributed by atoms with Gasteiger partial charge in [-0.25, -0.2) is 9.78 Å². The van der Waals surface area contributed by atoms with Crippen LogP contribution in [0, 0.1) is 6.92 Å². The number of fused-ring (bicyclic) bond motifs is 1. The van der Waals surface area contributed by atoms with Crippen molar-refractivity contribution in [3.63, 3.8) is 0 Å². The molecule has 4 aromatic rings. The molecule has 3 aromatic carbocycles. The topological polar surface area (TPSA) is 84.1 Å². The lowest BCUT2D eigenvalue weighted by atomic mass is 10.1. The maximum Gasteiger partial charge on any atom is 0.339 e. The lowest BCUT2D eigenvalue weighted by molar-refractivity contribution is -0.123. The van der Waals surface area contributed by atoms with Gasteiger partial charge in [-0.2, -0.15) is 0 Å². The van der Waals surface area contributed by atoms with Gasteiger partial charge in [-0.1, -0.05) is 42.5 Å². The van der Waals surface area contributed by atoms with E-state index >= 15 is 0 Å². The maximum atomic E-state index is 12.8. The van der Waals surface area contributed by atoms with Crippen LogP contribution in [0.2, 0.25) is 0 Å². The molecule has 4 rings (SSSR count). The van der Waals surface area contributed by atoms with E-state index in [-0.39, 0.29) is 0 Å². The lowest BCUT2D eigenvalue weighted by Crippen LogP contribution is -2.30. The van der Waals surface area contributed by atoms with E-state index < -0.39 is 18.0 Å². The van der Waals surface area contributed by atoms with Crippen molar-refractivity contribution in [3.8, 4) is 11.4 Å². The number of aromatic nitrogens is 2. The molecule has 6 nitrogen and oxygen atoms in total. The largest absolute Gasteiger partial charge is 0.449 e. The van der Waals surface area contributed by atoms with Gasteiger partial charge in [0.15, 0.2) is 6.10 Å². The number of H-pyrrole nitrogens is 1. The number of carbonyl (C=O) groups is 2. The first-order chi connectivity index (χ1) is 14.5. The van der Waals surface area contributed by atoms with Gasteiger partial charge in [0, 0.05) is 11.3 Å². The Balaban J connectivity index is 1.53. The number of aromatic amines is 1. The normalized spacial score (nSPS) is 11.8. The number of nitrogens with zero attached hydrogens (tertiary/aromatic N) is 1. The quantitative estimate of drug-likeness (QED) is 0.476. The van der Waals surface area contributed by atoms with Gasteiger partial charge in [-0.15, -0.1) is 0 Å². The van der Waals surface area contributed by atoms with Gasteiger partial charge in [0.25, 0.3) is 5.91 Å². The van der Waals surface area contributed by atoms with Gasteiger partial charge in [-0.05, 0) is 49.7 Å². The van der Waals surface area contributed by atoms with Crippen LogP contribution in [0.3, 0.4) is 0 Å². The van der Waals surface area contributed by atoms with Gasteiger partial charge < -0.3 is 15.0 Å². The average Bonchev–Trinajstić information content (AvgIpc) is 3.18. The zero-order chi connectivity index (χ0) is 21.1. The summed E-state index contributed by atoms with van der Waals surface area (Å²) in [5, 5.41) is 2.77. The molecule has 0 bridgehead atoms. The molecule has 30 heavy (non-hydrogen) atoms. The number of hydrogen-bond donors (Lipinski definition) is 2. The molecule has 1 unspecified atom stereocenters. The predicted octanol–water partition coefficient (Wildman–Crippen LogP) is 4.72. The average molecular weight is 399 g/mol. The highest BCUT2D eigenvalue weighted by Gasteiger charge is 2.22. The van der Waals surface area contributed by atoms with E-state index in [9.17, 15) is 9.59 Å². The van der Waals surface area contributed by atoms with E-state index in [1.807, 2.05) is 55.5 Å². The molecule has 0 saturated carbocycles. The van der Waals surface area contributed by atoms with Crippen LogP contribution in [-0.2, 0) is 9.53 Å². The fourth-order valence-electron chi connectivity index (χ4n) is 3.19. The van der Waals surface area contributed by atoms with E-state index in [2.05, 4.69) is 15.3 Å². The summed E-state index contributed by atoms with van der Waals surface area (Å²) in [6.07, 6.45) is -0.957. The summed E-state index contributed by atoms with van der Waals surface area (Å²) in [4.78, 5) is 33.1. The van der Waals surface area contributed by atoms with Gasteiger partial charge in [0.2, 0.25) is 0 Å². The van der Waals surface area contributed by atoms with Crippen LogP contribution in [-0.4, -0.2) is 27.9 Å². The highest BCUT2D eigenvalue weighted by atomic mass is 16.5. The highest BCUT2D eigenvalue weighted by Crippen LogP contribution is 2.25. The number of amides is 1. The maximum absolute atomic E-state index is 12.8. The molecular weight excluding hydrogens is 378 g/mol. The second kappa shape index (κ2) is 8.21. The first-order valence-electron chi connectivity index (χ1n) is 9.64. The van der Waals surface area contributed by atoms with Crippen LogP contribution in [0.4, 0.5) is 5.69 Å². The number of ether oxygens (including phenoxy) is 1. The predicted molar refractivity (Wildman–Crippen MR) is 116 cm³/mol. The minimum atomic E-state index is -0.957. The zero-order valence-corrected chi connectivity index (χ0v) is 16.7. The Bertz CT molecular complexity index is 1200. The number of aryl methyl sites for hydroxylation is 1. The molecule has 2 N–H and O–H groups in total. The fourth-order valence-corrected chi connectivity index (χ4v) is 3.19. The van der Waals surface area contributed by atoms with Crippen LogP contribution < -0.4 is 5.32 Å². The Morgan fingerprint density at radius 2 is 1.77 bits per heavy atom. The van der Waals surface area contributed by atoms with Crippen molar-refractivity contribution in [2.24, 2.45) is 0 Å². The summed E-state index contributed by atoms with van der Waals surface area (Å²) < 4.78 is 5.44. The van der Waals surface area contributed by atoms with Crippen molar-refractivity contribution in [2.45, 2.75) is 20.0 Å². The number of anilines is 1. The second-order valence-corrected chi connectivity index (χ2v) is 7.05. The molecule has 1 amide bonds. The van der Waals surface area contributed by atoms with E-state index in [4.69, 9.17) is 4.74 Å². The number of hydrogen-bond acceptors (Lipinski definition) is 4. The number of para-hydroxylation sites is 2. The molecule has 150 valence electrons. The van der Waals surface area contributed by atoms with Gasteiger partial charge >= 0.3 is 5.97 Å². The van der Waals surface area contributed by atoms with E-state index in [0.29, 0.717) is 22.6 Å². The Kier molecular flexibility index (Phi) is 5.30. The van der Waals surface area contributed by atoms with Crippen LogP contribution in [0.5, 0.6) is 0 Å². The molecule has 0 radical (unpaired) electrons. The first-order valence-corrected chi connectivity index (χ1v) is 9.64.